The zero-order valence-corrected chi connectivity index (χ0v) is 14.4. The highest BCUT2D eigenvalue weighted by Crippen LogP contribution is 2.23. The number of hydrogen-bond acceptors (Lipinski definition) is 7. The summed E-state index contributed by atoms with van der Waals surface area (Å²) in [5.74, 6) is -2.23. The molecule has 1 fully saturated rings. The van der Waals surface area contributed by atoms with Gasteiger partial charge in [0.1, 0.15) is 0 Å². The molecule has 1 aliphatic rings. The molecule has 0 unspecified atom stereocenters. The molecule has 0 aliphatic carbocycles. The van der Waals surface area contributed by atoms with E-state index in [9.17, 15) is 17.2 Å². The largest absolute Gasteiger partial charge is 0.369 e. The highest BCUT2D eigenvalue weighted by atomic mass is 32.2. The van der Waals surface area contributed by atoms with Crippen molar-refractivity contribution in [1.29, 1.82) is 0 Å². The molecule has 0 spiro atoms. The second-order valence-electron chi connectivity index (χ2n) is 5.79. The molecule has 0 radical (unpaired) electrons. The number of benzene rings is 1. The average Bonchev–Trinajstić information content (AvgIpc) is 3.00. The van der Waals surface area contributed by atoms with Gasteiger partial charge >= 0.3 is 5.76 Å². The van der Waals surface area contributed by atoms with Crippen molar-refractivity contribution >= 4 is 15.5 Å². The molecule has 0 saturated carbocycles. The van der Waals surface area contributed by atoms with E-state index >= 15 is 0 Å². The molecule has 2 aromatic rings. The van der Waals surface area contributed by atoms with Gasteiger partial charge < -0.3 is 9.42 Å². The Morgan fingerprint density at radius 3 is 2.32 bits per heavy atom. The molecule has 2 heterocycles. The second-order valence-corrected chi connectivity index (χ2v) is 7.71. The number of halogens is 2. The van der Waals surface area contributed by atoms with Crippen LogP contribution in [0.25, 0.3) is 0 Å². The molecular weight excluding hydrogens is 354 g/mol. The Morgan fingerprint density at radius 2 is 1.80 bits per heavy atom. The van der Waals surface area contributed by atoms with E-state index < -0.39 is 15.6 Å². The Labute approximate surface area is 144 Å². The Bertz CT molecular complexity index is 816. The Balaban J connectivity index is 1.59. The Kier molecular flexibility index (Phi) is 5.00. The number of sulfone groups is 1. The van der Waals surface area contributed by atoms with Crippen molar-refractivity contribution in [2.24, 2.45) is 0 Å². The minimum atomic E-state index is -4.55. The quantitative estimate of drug-likeness (QED) is 0.790. The van der Waals surface area contributed by atoms with Gasteiger partial charge in [0.25, 0.3) is 0 Å². The van der Waals surface area contributed by atoms with Crippen LogP contribution in [0, 0.1) is 6.92 Å². The van der Waals surface area contributed by atoms with E-state index in [2.05, 4.69) is 19.9 Å². The molecule has 10 heteroatoms. The molecule has 0 bridgehead atoms. The van der Waals surface area contributed by atoms with Gasteiger partial charge in [-0.2, -0.15) is 13.8 Å². The summed E-state index contributed by atoms with van der Waals surface area (Å²) in [5.41, 5.74) is 0.809. The normalized spacial score (nSPS) is 16.6. The van der Waals surface area contributed by atoms with Gasteiger partial charge in [-0.25, -0.2) is 8.42 Å². The predicted molar refractivity (Wildman–Crippen MR) is 86.2 cm³/mol. The molecular formula is C15H18F2N4O3S. The number of alkyl halides is 2. The van der Waals surface area contributed by atoms with Crippen LogP contribution < -0.4 is 4.90 Å². The lowest BCUT2D eigenvalue weighted by atomic mass is 10.2. The summed E-state index contributed by atoms with van der Waals surface area (Å²) >= 11 is 0. The molecule has 0 amide bonds. The first-order chi connectivity index (χ1) is 11.9. The van der Waals surface area contributed by atoms with Crippen LogP contribution in [0.3, 0.4) is 0 Å². The molecule has 7 nitrogen and oxygen atoms in total. The van der Waals surface area contributed by atoms with Crippen LogP contribution in [0.15, 0.2) is 33.7 Å². The lowest BCUT2D eigenvalue weighted by molar-refractivity contribution is 0.234. The van der Waals surface area contributed by atoms with Gasteiger partial charge in [0.05, 0.1) is 11.4 Å². The lowest BCUT2D eigenvalue weighted by Crippen LogP contribution is -2.46. The van der Waals surface area contributed by atoms with Gasteiger partial charge in [-0.15, -0.1) is 0 Å². The molecule has 3 rings (SSSR count). The zero-order valence-electron chi connectivity index (χ0n) is 13.6. The fraction of sp³-hybridized carbons (Fsp3) is 0.467. The molecule has 1 aromatic carbocycles. The lowest BCUT2D eigenvalue weighted by Gasteiger charge is -2.35. The summed E-state index contributed by atoms with van der Waals surface area (Å²) in [4.78, 5) is 8.09. The molecule has 0 N–H and O–H groups in total. The first-order valence-corrected chi connectivity index (χ1v) is 9.29. The summed E-state index contributed by atoms with van der Waals surface area (Å²) in [7, 11) is -4.55. The third kappa shape index (κ3) is 3.96. The van der Waals surface area contributed by atoms with Crippen molar-refractivity contribution in [3.8, 4) is 0 Å². The monoisotopic (exact) mass is 372 g/mol. The van der Waals surface area contributed by atoms with E-state index in [0.29, 0.717) is 18.3 Å². The highest BCUT2D eigenvalue weighted by molar-refractivity contribution is 7.91. The minimum absolute atomic E-state index is 0.364. The summed E-state index contributed by atoms with van der Waals surface area (Å²) in [6, 6.07) is 5.58. The van der Waals surface area contributed by atoms with Crippen molar-refractivity contribution < 1.29 is 21.7 Å². The number of hydrogen-bond donors (Lipinski definition) is 0. The third-order valence-corrected chi connectivity index (χ3v) is 5.47. The topological polar surface area (TPSA) is 79.5 Å². The average molecular weight is 372 g/mol. The first-order valence-electron chi connectivity index (χ1n) is 7.75. The predicted octanol–water partition coefficient (Wildman–Crippen LogP) is 1.70. The first kappa shape index (κ1) is 17.7. The van der Waals surface area contributed by atoms with E-state index in [0.717, 1.165) is 31.9 Å². The fourth-order valence-corrected chi connectivity index (χ4v) is 3.44. The van der Waals surface area contributed by atoms with Gasteiger partial charge in [0, 0.05) is 38.8 Å². The van der Waals surface area contributed by atoms with E-state index in [1.165, 1.54) is 12.1 Å². The summed E-state index contributed by atoms with van der Waals surface area (Å²) in [5, 5.41) is 3.87. The molecule has 25 heavy (non-hydrogen) atoms. The number of aromatic nitrogens is 2. The fourth-order valence-electron chi connectivity index (χ4n) is 2.72. The SMILES string of the molecule is Cc1nc(CN2CCN(c3ccc(S(=O)(=O)C(F)F)cc3)CC2)no1. The van der Waals surface area contributed by atoms with Crippen molar-refractivity contribution in [2.75, 3.05) is 31.1 Å². The Morgan fingerprint density at radius 1 is 1.16 bits per heavy atom. The molecule has 1 aliphatic heterocycles. The molecule has 1 aromatic heterocycles. The van der Waals surface area contributed by atoms with E-state index in [1.54, 1.807) is 19.1 Å². The van der Waals surface area contributed by atoms with Crippen molar-refractivity contribution in [1.82, 2.24) is 15.0 Å². The summed E-state index contributed by atoms with van der Waals surface area (Å²) < 4.78 is 53.0. The van der Waals surface area contributed by atoms with Crippen molar-refractivity contribution in [3.63, 3.8) is 0 Å². The number of nitrogens with zero attached hydrogens (tertiary/aromatic N) is 4. The second kappa shape index (κ2) is 7.04. The van der Waals surface area contributed by atoms with Gasteiger partial charge in [-0.1, -0.05) is 5.16 Å². The smallest absolute Gasteiger partial charge is 0.341 e. The van der Waals surface area contributed by atoms with Crippen molar-refractivity contribution in [2.45, 2.75) is 24.1 Å². The van der Waals surface area contributed by atoms with E-state index in [-0.39, 0.29) is 4.90 Å². The zero-order chi connectivity index (χ0) is 18.0. The van der Waals surface area contributed by atoms with Crippen LogP contribution in [-0.2, 0) is 16.4 Å². The molecule has 0 atom stereocenters. The van der Waals surface area contributed by atoms with Crippen LogP contribution >= 0.6 is 0 Å². The summed E-state index contributed by atoms with van der Waals surface area (Å²) in [6.45, 7) is 5.38. The van der Waals surface area contributed by atoms with Gasteiger partial charge in [0.2, 0.25) is 15.7 Å². The standard InChI is InChI=1S/C15H18F2N4O3S/c1-11-18-14(19-24-11)10-20-6-8-21(9-7-20)12-2-4-13(5-3-12)25(22,23)15(16)17/h2-5,15H,6-10H2,1H3. The minimum Gasteiger partial charge on any atom is -0.369 e. The maximum atomic E-state index is 12.6. The molecule has 1 saturated heterocycles. The maximum Gasteiger partial charge on any atom is 0.341 e. The van der Waals surface area contributed by atoms with Gasteiger partial charge in [-0.3, -0.25) is 4.90 Å². The van der Waals surface area contributed by atoms with E-state index in [4.69, 9.17) is 4.52 Å². The molecule has 136 valence electrons. The summed E-state index contributed by atoms with van der Waals surface area (Å²) in [6.07, 6.45) is 0. The number of piperazine rings is 1. The van der Waals surface area contributed by atoms with Crippen LogP contribution in [0.4, 0.5) is 14.5 Å². The number of anilines is 1. The van der Waals surface area contributed by atoms with Gasteiger partial charge in [0.15, 0.2) is 5.82 Å². The van der Waals surface area contributed by atoms with E-state index in [1.807, 2.05) is 0 Å². The highest BCUT2D eigenvalue weighted by Gasteiger charge is 2.26. The van der Waals surface area contributed by atoms with Crippen molar-refractivity contribution in [3.05, 3.63) is 36.0 Å². The number of aryl methyl sites for hydroxylation is 1. The Hall–Kier alpha value is -2.07. The third-order valence-electron chi connectivity index (χ3n) is 4.07. The van der Waals surface area contributed by atoms with Crippen LogP contribution in [0.1, 0.15) is 11.7 Å². The maximum absolute atomic E-state index is 12.6. The van der Waals surface area contributed by atoms with Crippen LogP contribution in [-0.4, -0.2) is 55.4 Å². The van der Waals surface area contributed by atoms with Gasteiger partial charge in [-0.05, 0) is 24.3 Å². The van der Waals surface area contributed by atoms with Crippen LogP contribution in [0.5, 0.6) is 0 Å². The number of rotatable bonds is 5. The van der Waals surface area contributed by atoms with Crippen LogP contribution in [0.2, 0.25) is 0 Å².